The first-order valence-electron chi connectivity index (χ1n) is 4.55. The van der Waals surface area contributed by atoms with Gasteiger partial charge in [-0.1, -0.05) is 18.2 Å². The highest BCUT2D eigenvalue weighted by molar-refractivity contribution is 6.03. The van der Waals surface area contributed by atoms with E-state index in [2.05, 4.69) is 0 Å². The molecular weight excluding hydrogens is 179 g/mol. The zero-order chi connectivity index (χ0) is 10.1. The van der Waals surface area contributed by atoms with Crippen molar-refractivity contribution in [3.8, 4) is 0 Å². The molecule has 0 saturated heterocycles. The lowest BCUT2D eigenvalue weighted by Crippen LogP contribution is -1.94. The van der Waals surface area contributed by atoms with E-state index >= 15 is 0 Å². The minimum Gasteiger partial charge on any atom is -0.478 e. The Morgan fingerprint density at radius 2 is 2.14 bits per heavy atom. The first kappa shape index (κ1) is 8.81. The van der Waals surface area contributed by atoms with Gasteiger partial charge in [0.25, 0.3) is 0 Å². The summed E-state index contributed by atoms with van der Waals surface area (Å²) in [6, 6.07) is 7.55. The van der Waals surface area contributed by atoms with Gasteiger partial charge in [0, 0.05) is 23.6 Å². The van der Waals surface area contributed by atoms with Crippen LogP contribution >= 0.6 is 0 Å². The molecule has 1 aromatic carbocycles. The summed E-state index contributed by atoms with van der Waals surface area (Å²) in [5.41, 5.74) is 1.36. The second kappa shape index (κ2) is 3.18. The fourth-order valence-corrected chi connectivity index (χ4v) is 1.68. The van der Waals surface area contributed by atoms with E-state index in [1.165, 1.54) is 0 Å². The Balaban J connectivity index is 2.80. The molecule has 0 spiro atoms. The van der Waals surface area contributed by atoms with Gasteiger partial charge in [-0.3, -0.25) is 0 Å². The SMILES string of the molecule is CCn1[13cH]c(C(=O)O)c2ccccc21. The molecule has 0 aliphatic heterocycles. The first-order valence-corrected chi connectivity index (χ1v) is 4.55. The number of hydrogen-bond acceptors (Lipinski definition) is 1. The molecule has 1 N–H and O–H groups in total. The van der Waals surface area contributed by atoms with Crippen LogP contribution in [0.15, 0.2) is 30.5 Å². The Morgan fingerprint density at radius 1 is 1.43 bits per heavy atom. The molecule has 0 unspecified atom stereocenters. The van der Waals surface area contributed by atoms with E-state index in [0.717, 1.165) is 17.4 Å². The van der Waals surface area contributed by atoms with Crippen molar-refractivity contribution in [1.82, 2.24) is 4.57 Å². The summed E-state index contributed by atoms with van der Waals surface area (Å²) in [4.78, 5) is 10.9. The maximum Gasteiger partial charge on any atom is 0.337 e. The Bertz CT molecular complexity index is 485. The number of carboxylic acid groups (broad SMARTS) is 1. The van der Waals surface area contributed by atoms with Crippen molar-refractivity contribution in [2.45, 2.75) is 13.5 Å². The van der Waals surface area contributed by atoms with Crippen molar-refractivity contribution in [2.24, 2.45) is 0 Å². The van der Waals surface area contributed by atoms with Crippen LogP contribution in [0.3, 0.4) is 0 Å². The summed E-state index contributed by atoms with van der Waals surface area (Å²) in [5.74, 6) is -0.867. The highest BCUT2D eigenvalue weighted by Crippen LogP contribution is 2.20. The van der Waals surface area contributed by atoms with Crippen LogP contribution < -0.4 is 0 Å². The van der Waals surface area contributed by atoms with Gasteiger partial charge in [-0.15, -0.1) is 0 Å². The van der Waals surface area contributed by atoms with Crippen LogP contribution in [-0.4, -0.2) is 15.6 Å². The Hall–Kier alpha value is -1.77. The van der Waals surface area contributed by atoms with Crippen LogP contribution in [0.2, 0.25) is 0 Å². The molecular formula is C11H11NO2. The first-order chi connectivity index (χ1) is 6.74. The Morgan fingerprint density at radius 3 is 2.79 bits per heavy atom. The highest BCUT2D eigenvalue weighted by atomic mass is 16.4. The number of nitrogens with zero attached hydrogens (tertiary/aromatic N) is 1. The van der Waals surface area contributed by atoms with Crippen LogP contribution in [0.25, 0.3) is 10.9 Å². The lowest BCUT2D eigenvalue weighted by atomic mass is 10.2. The minimum atomic E-state index is -0.867. The standard InChI is InChI=1S/C11H11NO2/c1-2-12-7-9(11(13)14)8-5-3-4-6-10(8)12/h3-7H,2H2,1H3,(H,13,14)/i7+1. The van der Waals surface area contributed by atoms with E-state index in [4.69, 9.17) is 5.11 Å². The molecule has 1 aromatic heterocycles. The van der Waals surface area contributed by atoms with E-state index in [-0.39, 0.29) is 0 Å². The quantitative estimate of drug-likeness (QED) is 0.789. The molecule has 0 fully saturated rings. The molecule has 2 aromatic rings. The zero-order valence-electron chi connectivity index (χ0n) is 7.90. The second-order valence-electron chi connectivity index (χ2n) is 3.15. The number of aromatic carboxylic acids is 1. The number of benzene rings is 1. The molecule has 3 heteroatoms. The maximum atomic E-state index is 10.9. The number of para-hydroxylation sites is 1. The smallest absolute Gasteiger partial charge is 0.337 e. The second-order valence-corrected chi connectivity index (χ2v) is 3.15. The van der Waals surface area contributed by atoms with Crippen molar-refractivity contribution in [1.29, 1.82) is 0 Å². The van der Waals surface area contributed by atoms with Gasteiger partial charge in [0.2, 0.25) is 0 Å². The average Bonchev–Trinajstić information content (AvgIpc) is 2.56. The Labute approximate surface area is 81.6 Å². The normalized spacial score (nSPS) is 10.6. The molecule has 0 radical (unpaired) electrons. The molecule has 0 atom stereocenters. The van der Waals surface area contributed by atoms with Gasteiger partial charge >= 0.3 is 5.97 Å². The van der Waals surface area contributed by atoms with Crippen LogP contribution in [0.5, 0.6) is 0 Å². The van der Waals surface area contributed by atoms with Crippen molar-refractivity contribution in [3.05, 3.63) is 36.0 Å². The summed E-state index contributed by atoms with van der Waals surface area (Å²) >= 11 is 0. The fraction of sp³-hybridized carbons (Fsp3) is 0.182. The summed E-state index contributed by atoms with van der Waals surface area (Å²) in [7, 11) is 0. The van der Waals surface area contributed by atoms with E-state index < -0.39 is 5.97 Å². The van der Waals surface area contributed by atoms with Crippen molar-refractivity contribution in [2.75, 3.05) is 0 Å². The molecule has 72 valence electrons. The maximum absolute atomic E-state index is 10.9. The van der Waals surface area contributed by atoms with Crippen molar-refractivity contribution < 1.29 is 9.90 Å². The van der Waals surface area contributed by atoms with Gasteiger partial charge in [0.15, 0.2) is 0 Å². The lowest BCUT2D eigenvalue weighted by Gasteiger charge is -1.97. The van der Waals surface area contributed by atoms with E-state index in [1.807, 2.05) is 35.8 Å². The fourth-order valence-electron chi connectivity index (χ4n) is 1.68. The third kappa shape index (κ3) is 1.18. The summed E-state index contributed by atoms with van der Waals surface area (Å²) in [6.45, 7) is 2.78. The number of carboxylic acids is 1. The Kier molecular flexibility index (Phi) is 2.00. The summed E-state index contributed by atoms with van der Waals surface area (Å²) in [6.07, 6.45) is 1.69. The third-order valence-electron chi connectivity index (χ3n) is 2.36. The number of hydrogen-bond donors (Lipinski definition) is 1. The summed E-state index contributed by atoms with van der Waals surface area (Å²) < 4.78 is 1.94. The van der Waals surface area contributed by atoms with Crippen LogP contribution in [0.1, 0.15) is 17.3 Å². The number of rotatable bonds is 2. The molecule has 0 aliphatic carbocycles. The van der Waals surface area contributed by atoms with Gasteiger partial charge in [-0.05, 0) is 13.0 Å². The van der Waals surface area contributed by atoms with Gasteiger partial charge in [0.05, 0.1) is 5.56 Å². The van der Waals surface area contributed by atoms with Crippen molar-refractivity contribution in [3.63, 3.8) is 0 Å². The van der Waals surface area contributed by atoms with Gasteiger partial charge in [-0.2, -0.15) is 0 Å². The topological polar surface area (TPSA) is 42.2 Å². The van der Waals surface area contributed by atoms with Crippen molar-refractivity contribution >= 4 is 16.9 Å². The highest BCUT2D eigenvalue weighted by Gasteiger charge is 2.11. The number of aromatic nitrogens is 1. The molecule has 3 nitrogen and oxygen atoms in total. The molecule has 0 saturated carbocycles. The minimum absolute atomic E-state index is 0.377. The van der Waals surface area contributed by atoms with Gasteiger partial charge in [-0.25, -0.2) is 4.79 Å². The molecule has 2 rings (SSSR count). The predicted octanol–water partition coefficient (Wildman–Crippen LogP) is 2.36. The molecule has 0 bridgehead atoms. The van der Waals surface area contributed by atoms with E-state index in [1.54, 1.807) is 6.20 Å². The molecule has 14 heavy (non-hydrogen) atoms. The van der Waals surface area contributed by atoms with E-state index in [9.17, 15) is 4.79 Å². The molecule has 1 heterocycles. The molecule has 0 aliphatic rings. The number of fused-ring (bicyclic) bond motifs is 1. The number of carbonyl (C=O) groups is 1. The average molecular weight is 190 g/mol. The third-order valence-corrected chi connectivity index (χ3v) is 2.36. The van der Waals surface area contributed by atoms with Gasteiger partial charge < -0.3 is 9.67 Å². The zero-order valence-corrected chi connectivity index (χ0v) is 7.90. The monoisotopic (exact) mass is 190 g/mol. The predicted molar refractivity (Wildman–Crippen MR) is 54.6 cm³/mol. The number of aryl methyl sites for hydroxylation is 1. The van der Waals surface area contributed by atoms with E-state index in [0.29, 0.717) is 5.56 Å². The largest absolute Gasteiger partial charge is 0.478 e. The lowest BCUT2D eigenvalue weighted by molar-refractivity contribution is 0.0699. The van der Waals surface area contributed by atoms with Crippen LogP contribution in [-0.2, 0) is 6.54 Å². The van der Waals surface area contributed by atoms with Gasteiger partial charge in [0.1, 0.15) is 0 Å². The summed E-state index contributed by atoms with van der Waals surface area (Å²) in [5, 5.41) is 9.79. The molecule has 0 amide bonds. The van der Waals surface area contributed by atoms with Crippen LogP contribution in [0, 0.1) is 0 Å². The van der Waals surface area contributed by atoms with Crippen LogP contribution in [0.4, 0.5) is 0 Å².